The molecule has 26 heteroatoms. The molecule has 330 valence electrons. The fourth-order valence-electron chi connectivity index (χ4n) is 5.10. The predicted molar refractivity (Wildman–Crippen MR) is 198 cm³/mol. The minimum absolute atomic E-state index is 0.0252. The van der Waals surface area contributed by atoms with Crippen molar-refractivity contribution in [3.05, 3.63) is 0 Å². The summed E-state index contributed by atoms with van der Waals surface area (Å²) in [5.41, 5.74) is 10.7. The molecule has 0 aliphatic carbocycles. The van der Waals surface area contributed by atoms with E-state index in [1.54, 1.807) is 0 Å². The number of carboxylic acids is 2. The Hall–Kier alpha value is -6.44. The van der Waals surface area contributed by atoms with Crippen LogP contribution in [0.25, 0.3) is 0 Å². The van der Waals surface area contributed by atoms with Crippen molar-refractivity contribution in [3.8, 4) is 0 Å². The lowest BCUT2D eigenvalue weighted by Crippen LogP contribution is -2.59. The number of nitrogens with two attached hydrogens (primary N) is 2. The Bertz CT molecular complexity index is 1590. The number of carboxylic acid groups (broad SMARTS) is 2. The van der Waals surface area contributed by atoms with Gasteiger partial charge < -0.3 is 74.6 Å². The van der Waals surface area contributed by atoms with E-state index < -0.39 is 146 Å². The molecule has 1 heterocycles. The maximum Gasteiger partial charge on any atom is 0.326 e. The molecule has 1 aliphatic rings. The van der Waals surface area contributed by atoms with Crippen LogP contribution in [0.1, 0.15) is 65.2 Å². The van der Waals surface area contributed by atoms with Crippen molar-refractivity contribution in [2.75, 3.05) is 26.2 Å². The summed E-state index contributed by atoms with van der Waals surface area (Å²) in [7, 11) is 0. The molecule has 10 amide bonds. The molecule has 0 aromatic carbocycles. The third-order valence-corrected chi connectivity index (χ3v) is 8.41. The lowest BCUT2D eigenvalue weighted by Gasteiger charge is -2.25. The standard InChI is InChI=1S/C33H53N11O15/c1-15(27(52)43-20(33(58)59)11-26(50)51)38-25(49)13-36-24(48)12-37-29(54)18(6-8-22(35)46)42-32(57)21(14-45)44-31(56)17(5-3-4-10-34)41-28(53)16(2)39-30(55)19-7-9-23(47)40-19/h15-21,45H,3-14,34H2,1-2H3,(H2,35,46)(H,36,48)(H,37,54)(H,38,49)(H,39,55)(H,40,47)(H,41,53)(H,42,57)(H,43,52)(H,44,56)(H,50,51)(H,58,59)/t15-,16-,17-,18-,19-,20-,21-/m0/s1. The van der Waals surface area contributed by atoms with E-state index in [4.69, 9.17) is 21.7 Å². The minimum Gasteiger partial charge on any atom is -0.481 e. The summed E-state index contributed by atoms with van der Waals surface area (Å²) in [5, 5.41) is 48.2. The predicted octanol–water partition coefficient (Wildman–Crippen LogP) is -7.61. The first-order chi connectivity index (χ1) is 27.7. The lowest BCUT2D eigenvalue weighted by molar-refractivity contribution is -0.147. The van der Waals surface area contributed by atoms with Crippen LogP contribution in [0.2, 0.25) is 0 Å². The zero-order valence-electron chi connectivity index (χ0n) is 32.4. The van der Waals surface area contributed by atoms with Crippen LogP contribution in [-0.2, 0) is 57.5 Å². The maximum absolute atomic E-state index is 13.3. The van der Waals surface area contributed by atoms with Crippen molar-refractivity contribution < 1.29 is 72.9 Å². The summed E-state index contributed by atoms with van der Waals surface area (Å²) in [6, 6.07) is -9.66. The molecule has 0 radical (unpaired) electrons. The van der Waals surface area contributed by atoms with Crippen LogP contribution in [0.4, 0.5) is 0 Å². The summed E-state index contributed by atoms with van der Waals surface area (Å²) in [4.78, 5) is 147. The molecular weight excluding hydrogens is 790 g/mol. The highest BCUT2D eigenvalue weighted by atomic mass is 16.4. The van der Waals surface area contributed by atoms with E-state index in [-0.39, 0.29) is 31.7 Å². The molecular formula is C33H53N11O15. The first kappa shape index (κ1) is 50.6. The van der Waals surface area contributed by atoms with Gasteiger partial charge in [-0.25, -0.2) is 4.79 Å². The number of primary amides is 1. The van der Waals surface area contributed by atoms with E-state index in [0.29, 0.717) is 12.8 Å². The second-order valence-corrected chi connectivity index (χ2v) is 13.3. The van der Waals surface area contributed by atoms with Gasteiger partial charge in [-0.3, -0.25) is 52.7 Å². The van der Waals surface area contributed by atoms with Gasteiger partial charge in [-0.15, -0.1) is 0 Å². The molecule has 26 nitrogen and oxygen atoms in total. The monoisotopic (exact) mass is 843 g/mol. The average Bonchev–Trinajstić information content (AvgIpc) is 3.61. The van der Waals surface area contributed by atoms with Crippen LogP contribution in [0, 0.1) is 0 Å². The van der Waals surface area contributed by atoms with Gasteiger partial charge in [0.15, 0.2) is 0 Å². The molecule has 0 saturated carbocycles. The molecule has 0 spiro atoms. The first-order valence-electron chi connectivity index (χ1n) is 18.4. The number of hydrogen-bond acceptors (Lipinski definition) is 14. The van der Waals surface area contributed by atoms with Gasteiger partial charge in [-0.1, -0.05) is 0 Å². The molecule has 0 bridgehead atoms. The van der Waals surface area contributed by atoms with Gasteiger partial charge in [0.05, 0.1) is 26.1 Å². The Morgan fingerprint density at radius 3 is 1.78 bits per heavy atom. The Balaban J connectivity index is 2.84. The second kappa shape index (κ2) is 25.7. The molecule has 1 rings (SSSR count). The van der Waals surface area contributed by atoms with E-state index in [1.807, 2.05) is 5.32 Å². The SMILES string of the molecule is C[C@H](NC(=O)CNC(=O)CNC(=O)[C@H](CCC(N)=O)NC(=O)[C@H](CO)NC(=O)[C@H](CCCCN)NC(=O)[C@H](C)NC(=O)[C@@H]1CCC(=O)N1)C(=O)N[C@@H](CC(=O)O)C(=O)O. The van der Waals surface area contributed by atoms with Gasteiger partial charge in [0.25, 0.3) is 0 Å². The Morgan fingerprint density at radius 1 is 0.695 bits per heavy atom. The molecule has 0 unspecified atom stereocenters. The zero-order chi connectivity index (χ0) is 44.8. The molecule has 0 aromatic heterocycles. The largest absolute Gasteiger partial charge is 0.481 e. The Labute approximate surface area is 336 Å². The third kappa shape index (κ3) is 19.5. The molecule has 1 fully saturated rings. The summed E-state index contributed by atoms with van der Waals surface area (Å²) in [5.74, 6) is -11.7. The number of carbonyl (C=O) groups is 12. The van der Waals surface area contributed by atoms with Gasteiger partial charge in [-0.05, 0) is 52.5 Å². The van der Waals surface area contributed by atoms with Crippen molar-refractivity contribution in [1.29, 1.82) is 0 Å². The van der Waals surface area contributed by atoms with E-state index >= 15 is 0 Å². The Kier molecular flexibility index (Phi) is 22.1. The number of rotatable bonds is 27. The number of carbonyl (C=O) groups excluding carboxylic acids is 10. The van der Waals surface area contributed by atoms with Crippen molar-refractivity contribution in [2.45, 2.75) is 108 Å². The Morgan fingerprint density at radius 2 is 1.24 bits per heavy atom. The number of amides is 10. The molecule has 0 aromatic rings. The quantitative estimate of drug-likeness (QED) is 0.0342. The highest BCUT2D eigenvalue weighted by Gasteiger charge is 2.33. The molecule has 7 atom stereocenters. The average molecular weight is 844 g/mol. The summed E-state index contributed by atoms with van der Waals surface area (Å²) in [6.45, 7) is 0.251. The summed E-state index contributed by atoms with van der Waals surface area (Å²) >= 11 is 0. The number of nitrogens with one attached hydrogen (secondary N) is 9. The second-order valence-electron chi connectivity index (χ2n) is 13.3. The van der Waals surface area contributed by atoms with Crippen molar-refractivity contribution in [1.82, 2.24) is 47.9 Å². The van der Waals surface area contributed by atoms with Crippen LogP contribution >= 0.6 is 0 Å². The highest BCUT2D eigenvalue weighted by molar-refractivity contribution is 5.98. The van der Waals surface area contributed by atoms with Crippen LogP contribution in [0.15, 0.2) is 0 Å². The number of unbranched alkanes of at least 4 members (excludes halogenated alkanes) is 1. The molecule has 1 aliphatic heterocycles. The van der Waals surface area contributed by atoms with E-state index in [9.17, 15) is 62.6 Å². The highest BCUT2D eigenvalue weighted by Crippen LogP contribution is 2.08. The maximum atomic E-state index is 13.3. The lowest BCUT2D eigenvalue weighted by atomic mass is 10.1. The van der Waals surface area contributed by atoms with Crippen molar-refractivity contribution in [2.24, 2.45) is 11.5 Å². The van der Waals surface area contributed by atoms with E-state index in [1.165, 1.54) is 6.92 Å². The van der Waals surface area contributed by atoms with Crippen molar-refractivity contribution in [3.63, 3.8) is 0 Å². The summed E-state index contributed by atoms with van der Waals surface area (Å²) < 4.78 is 0. The van der Waals surface area contributed by atoms with Gasteiger partial charge >= 0.3 is 11.9 Å². The van der Waals surface area contributed by atoms with Gasteiger partial charge in [0, 0.05) is 12.8 Å². The number of aliphatic hydroxyl groups excluding tert-OH is 1. The topological polar surface area (TPSA) is 426 Å². The van der Waals surface area contributed by atoms with Gasteiger partial charge in [0.2, 0.25) is 59.1 Å². The van der Waals surface area contributed by atoms with E-state index in [0.717, 1.165) is 6.92 Å². The number of aliphatic hydroxyl groups is 1. The minimum atomic E-state index is -1.77. The van der Waals surface area contributed by atoms with E-state index in [2.05, 4.69) is 42.5 Å². The third-order valence-electron chi connectivity index (χ3n) is 8.41. The van der Waals surface area contributed by atoms with Crippen LogP contribution < -0.4 is 59.3 Å². The zero-order valence-corrected chi connectivity index (χ0v) is 32.4. The number of aliphatic carboxylic acids is 2. The van der Waals surface area contributed by atoms with Gasteiger partial charge in [0.1, 0.15) is 42.3 Å². The fourth-order valence-corrected chi connectivity index (χ4v) is 5.10. The number of hydrogen-bond donors (Lipinski definition) is 14. The molecule has 16 N–H and O–H groups in total. The van der Waals surface area contributed by atoms with Crippen LogP contribution in [0.3, 0.4) is 0 Å². The fraction of sp³-hybridized carbons (Fsp3) is 0.636. The molecule has 59 heavy (non-hydrogen) atoms. The van der Waals surface area contributed by atoms with Gasteiger partial charge in [-0.2, -0.15) is 0 Å². The normalized spacial score (nSPS) is 16.2. The van der Waals surface area contributed by atoms with Crippen LogP contribution in [0.5, 0.6) is 0 Å². The first-order valence-corrected chi connectivity index (χ1v) is 18.4. The van der Waals surface area contributed by atoms with Crippen LogP contribution in [-0.4, -0.2) is 155 Å². The summed E-state index contributed by atoms with van der Waals surface area (Å²) in [6.07, 6.45) is -0.568. The van der Waals surface area contributed by atoms with Crippen molar-refractivity contribution >= 4 is 71.0 Å². The molecule has 1 saturated heterocycles. The smallest absolute Gasteiger partial charge is 0.326 e.